The van der Waals surface area contributed by atoms with E-state index in [1.807, 2.05) is 51.1 Å². The van der Waals surface area contributed by atoms with Gasteiger partial charge in [0.25, 0.3) is 0 Å². The Morgan fingerprint density at radius 1 is 0.812 bits per heavy atom. The molecule has 0 saturated heterocycles. The van der Waals surface area contributed by atoms with Crippen LogP contribution < -0.4 is 9.80 Å². The highest BCUT2D eigenvalue weighted by Crippen LogP contribution is 2.34. The largest absolute Gasteiger partial charge is 0.361 e. The average molecular weight is 426 g/mol. The van der Waals surface area contributed by atoms with Crippen LogP contribution in [0.2, 0.25) is 0 Å². The summed E-state index contributed by atoms with van der Waals surface area (Å²) in [5, 5.41) is 1.18. The molecule has 0 radical (unpaired) electrons. The van der Waals surface area contributed by atoms with Gasteiger partial charge in [0.15, 0.2) is 17.0 Å². The first-order valence-corrected chi connectivity index (χ1v) is 10.7. The molecule has 0 aliphatic rings. The molecule has 3 aromatic heterocycles. The van der Waals surface area contributed by atoms with Gasteiger partial charge < -0.3 is 18.9 Å². The zero-order valence-electron chi connectivity index (χ0n) is 19.1. The maximum absolute atomic E-state index is 5.04. The van der Waals surface area contributed by atoms with Crippen molar-refractivity contribution in [2.45, 2.75) is 6.54 Å². The third kappa shape index (κ3) is 3.26. The van der Waals surface area contributed by atoms with Gasteiger partial charge in [-0.2, -0.15) is 9.97 Å². The molecular formula is C25H27N7. The first-order chi connectivity index (χ1) is 15.4. The Labute approximate surface area is 187 Å². The second-order valence-electron chi connectivity index (χ2n) is 8.48. The summed E-state index contributed by atoms with van der Waals surface area (Å²) in [4.78, 5) is 18.5. The summed E-state index contributed by atoms with van der Waals surface area (Å²) in [5.74, 6) is 2.37. The Kier molecular flexibility index (Phi) is 4.81. The van der Waals surface area contributed by atoms with Crippen molar-refractivity contribution in [3.8, 4) is 11.4 Å². The van der Waals surface area contributed by atoms with Crippen LogP contribution >= 0.6 is 0 Å². The SMILES string of the molecule is CN(C)c1nc(N(C)C)c2nc(-c3cn(Cc4ccccc4)c4ccccc34)n(C)c2n1. The number of imidazole rings is 1. The van der Waals surface area contributed by atoms with E-state index in [4.69, 9.17) is 15.0 Å². The summed E-state index contributed by atoms with van der Waals surface area (Å²) < 4.78 is 4.37. The fourth-order valence-corrected chi connectivity index (χ4v) is 4.12. The van der Waals surface area contributed by atoms with Crippen LogP contribution in [-0.4, -0.2) is 52.3 Å². The van der Waals surface area contributed by atoms with Gasteiger partial charge in [0, 0.05) is 64.4 Å². The Bertz CT molecular complexity index is 1410. The summed E-state index contributed by atoms with van der Waals surface area (Å²) in [6.07, 6.45) is 2.20. The molecule has 162 valence electrons. The number of hydrogen-bond acceptors (Lipinski definition) is 5. The van der Waals surface area contributed by atoms with Crippen molar-refractivity contribution in [1.82, 2.24) is 24.1 Å². The van der Waals surface area contributed by atoms with Crippen molar-refractivity contribution in [2.24, 2.45) is 7.05 Å². The third-order valence-corrected chi connectivity index (χ3v) is 5.74. The minimum absolute atomic E-state index is 0.669. The maximum Gasteiger partial charge on any atom is 0.228 e. The van der Waals surface area contributed by atoms with Gasteiger partial charge in [-0.25, -0.2) is 4.98 Å². The number of hydrogen-bond donors (Lipinski definition) is 0. The lowest BCUT2D eigenvalue weighted by atomic mass is 10.1. The minimum Gasteiger partial charge on any atom is -0.361 e. The molecule has 0 amide bonds. The third-order valence-electron chi connectivity index (χ3n) is 5.74. The molecule has 3 heterocycles. The molecule has 5 rings (SSSR count). The lowest BCUT2D eigenvalue weighted by Gasteiger charge is -2.16. The van der Waals surface area contributed by atoms with Crippen LogP contribution in [0.15, 0.2) is 60.8 Å². The minimum atomic E-state index is 0.669. The first-order valence-electron chi connectivity index (χ1n) is 10.7. The standard InChI is InChI=1S/C25H27N7/c1-29(2)23-21-24(28-25(27-23)30(3)4)31(5)22(26-21)19-16-32(15-17-11-7-6-8-12-17)20-14-10-9-13-18(19)20/h6-14,16H,15H2,1-5H3. The number of benzene rings is 2. The van der Waals surface area contributed by atoms with E-state index in [9.17, 15) is 0 Å². The van der Waals surface area contributed by atoms with Crippen molar-refractivity contribution in [1.29, 1.82) is 0 Å². The fourth-order valence-electron chi connectivity index (χ4n) is 4.12. The lowest BCUT2D eigenvalue weighted by Crippen LogP contribution is -2.17. The van der Waals surface area contributed by atoms with Gasteiger partial charge in [-0.3, -0.25) is 0 Å². The molecule has 2 aromatic carbocycles. The van der Waals surface area contributed by atoms with Crippen LogP contribution in [0.4, 0.5) is 11.8 Å². The number of fused-ring (bicyclic) bond motifs is 2. The highest BCUT2D eigenvalue weighted by atomic mass is 15.3. The summed E-state index contributed by atoms with van der Waals surface area (Å²) in [7, 11) is 9.91. The molecule has 7 nitrogen and oxygen atoms in total. The first kappa shape index (κ1) is 20.1. The predicted octanol–water partition coefficient (Wildman–Crippen LogP) is 4.17. The fraction of sp³-hybridized carbons (Fsp3) is 0.240. The van der Waals surface area contributed by atoms with Crippen molar-refractivity contribution < 1.29 is 0 Å². The van der Waals surface area contributed by atoms with Crippen molar-refractivity contribution in [3.05, 3.63) is 66.4 Å². The summed E-state index contributed by atoms with van der Waals surface area (Å²) in [5.41, 5.74) is 5.17. The number of nitrogens with zero attached hydrogens (tertiary/aromatic N) is 7. The van der Waals surface area contributed by atoms with E-state index in [2.05, 4.69) is 63.9 Å². The zero-order valence-corrected chi connectivity index (χ0v) is 19.1. The molecule has 0 unspecified atom stereocenters. The second-order valence-corrected chi connectivity index (χ2v) is 8.48. The van der Waals surface area contributed by atoms with Crippen molar-refractivity contribution in [3.63, 3.8) is 0 Å². The number of aromatic nitrogens is 5. The molecule has 5 aromatic rings. The van der Waals surface area contributed by atoms with Crippen molar-refractivity contribution in [2.75, 3.05) is 38.0 Å². The average Bonchev–Trinajstić information content (AvgIpc) is 3.31. The zero-order chi connectivity index (χ0) is 22.4. The van der Waals surface area contributed by atoms with Crippen LogP contribution in [0.5, 0.6) is 0 Å². The summed E-state index contributed by atoms with van der Waals surface area (Å²) in [6, 6.07) is 19.0. The highest BCUT2D eigenvalue weighted by Gasteiger charge is 2.21. The molecular weight excluding hydrogens is 398 g/mol. The maximum atomic E-state index is 5.04. The number of para-hydroxylation sites is 1. The Hall–Kier alpha value is -3.87. The van der Waals surface area contributed by atoms with E-state index in [0.29, 0.717) is 5.95 Å². The molecule has 0 saturated carbocycles. The van der Waals surface area contributed by atoms with Crippen LogP contribution in [0.25, 0.3) is 33.5 Å². The van der Waals surface area contributed by atoms with Gasteiger partial charge in [0.05, 0.1) is 0 Å². The highest BCUT2D eigenvalue weighted by molar-refractivity contribution is 5.97. The van der Waals surface area contributed by atoms with Crippen molar-refractivity contribution >= 4 is 33.8 Å². The van der Waals surface area contributed by atoms with Crippen LogP contribution in [-0.2, 0) is 13.6 Å². The van der Waals surface area contributed by atoms with E-state index in [0.717, 1.165) is 34.9 Å². The normalized spacial score (nSPS) is 11.4. The predicted molar refractivity (Wildman–Crippen MR) is 131 cm³/mol. The number of anilines is 2. The van der Waals surface area contributed by atoms with Crippen LogP contribution in [0.1, 0.15) is 5.56 Å². The van der Waals surface area contributed by atoms with E-state index in [1.54, 1.807) is 0 Å². The Morgan fingerprint density at radius 3 is 2.25 bits per heavy atom. The molecule has 0 bridgehead atoms. The van der Waals surface area contributed by atoms with Crippen LogP contribution in [0, 0.1) is 0 Å². The molecule has 7 heteroatoms. The number of aryl methyl sites for hydroxylation is 1. The topological polar surface area (TPSA) is 55.0 Å². The number of rotatable bonds is 5. The van der Waals surface area contributed by atoms with Gasteiger partial charge in [0.2, 0.25) is 5.95 Å². The van der Waals surface area contributed by atoms with E-state index >= 15 is 0 Å². The summed E-state index contributed by atoms with van der Waals surface area (Å²) in [6.45, 7) is 0.804. The van der Waals surface area contributed by atoms with Gasteiger partial charge in [-0.15, -0.1) is 0 Å². The smallest absolute Gasteiger partial charge is 0.228 e. The van der Waals surface area contributed by atoms with Crippen LogP contribution in [0.3, 0.4) is 0 Å². The molecule has 0 atom stereocenters. The van der Waals surface area contributed by atoms with Gasteiger partial charge in [-0.1, -0.05) is 48.5 Å². The molecule has 0 aliphatic heterocycles. The quantitative estimate of drug-likeness (QED) is 0.423. The van der Waals surface area contributed by atoms with E-state index in [1.165, 1.54) is 16.5 Å². The van der Waals surface area contributed by atoms with E-state index in [-0.39, 0.29) is 0 Å². The molecule has 0 N–H and O–H groups in total. The molecule has 0 fully saturated rings. The van der Waals surface area contributed by atoms with Gasteiger partial charge in [-0.05, 0) is 11.6 Å². The lowest BCUT2D eigenvalue weighted by molar-refractivity contribution is 0.835. The molecule has 0 spiro atoms. The monoisotopic (exact) mass is 425 g/mol. The van der Waals surface area contributed by atoms with Gasteiger partial charge in [0.1, 0.15) is 5.82 Å². The molecule has 0 aliphatic carbocycles. The van der Waals surface area contributed by atoms with E-state index < -0.39 is 0 Å². The Morgan fingerprint density at radius 2 is 1.53 bits per heavy atom. The summed E-state index contributed by atoms with van der Waals surface area (Å²) >= 11 is 0. The molecule has 32 heavy (non-hydrogen) atoms. The van der Waals surface area contributed by atoms with Gasteiger partial charge >= 0.3 is 0 Å². The Balaban J connectivity index is 1.73. The second kappa shape index (κ2) is 7.67.